The molecule has 0 saturated heterocycles. The third-order valence-electron chi connectivity index (χ3n) is 2.65. The van der Waals surface area contributed by atoms with E-state index < -0.39 is 0 Å². The van der Waals surface area contributed by atoms with Crippen molar-refractivity contribution in [2.45, 2.75) is 18.9 Å². The molecule has 5 nitrogen and oxygen atoms in total. The highest BCUT2D eigenvalue weighted by Gasteiger charge is 2.23. The minimum Gasteiger partial charge on any atom is -0.497 e. The highest BCUT2D eigenvalue weighted by Crippen LogP contribution is 2.23. The van der Waals surface area contributed by atoms with Crippen LogP contribution in [-0.4, -0.2) is 32.0 Å². The number of carbonyl (C=O) groups is 2. The summed E-state index contributed by atoms with van der Waals surface area (Å²) >= 11 is 0. The van der Waals surface area contributed by atoms with Gasteiger partial charge in [-0.1, -0.05) is 0 Å². The number of hydrogen-bond donors (Lipinski definition) is 1. The van der Waals surface area contributed by atoms with Gasteiger partial charge in [0.2, 0.25) is 0 Å². The molecule has 0 unspecified atom stereocenters. The SMILES string of the molecule is COc1ccc(C=O)c(OCC(=O)NC2CC2)c1. The second kappa shape index (κ2) is 5.53. The number of carbonyl (C=O) groups excluding carboxylic acids is 2. The first-order chi connectivity index (χ1) is 8.72. The summed E-state index contributed by atoms with van der Waals surface area (Å²) in [5.41, 5.74) is 0.398. The summed E-state index contributed by atoms with van der Waals surface area (Å²) in [6.07, 6.45) is 2.75. The van der Waals surface area contributed by atoms with Crippen LogP contribution in [0.3, 0.4) is 0 Å². The van der Waals surface area contributed by atoms with Gasteiger partial charge in [-0.25, -0.2) is 0 Å². The first kappa shape index (κ1) is 12.4. The van der Waals surface area contributed by atoms with Crippen LogP contribution in [0.15, 0.2) is 18.2 Å². The predicted octanol–water partition coefficient (Wildman–Crippen LogP) is 1.17. The van der Waals surface area contributed by atoms with Crippen LogP contribution in [0, 0.1) is 0 Å². The first-order valence-corrected chi connectivity index (χ1v) is 5.78. The summed E-state index contributed by atoms with van der Waals surface area (Å²) in [5, 5.41) is 2.81. The quantitative estimate of drug-likeness (QED) is 0.768. The Morgan fingerprint density at radius 2 is 2.28 bits per heavy atom. The van der Waals surface area contributed by atoms with Crippen LogP contribution >= 0.6 is 0 Å². The van der Waals surface area contributed by atoms with Crippen molar-refractivity contribution >= 4 is 12.2 Å². The number of benzene rings is 1. The van der Waals surface area contributed by atoms with Gasteiger partial charge in [0, 0.05) is 12.1 Å². The number of methoxy groups -OCH3 is 1. The van der Waals surface area contributed by atoms with E-state index in [0.29, 0.717) is 29.4 Å². The fourth-order valence-corrected chi connectivity index (χ4v) is 1.50. The molecule has 0 atom stereocenters. The van der Waals surface area contributed by atoms with Gasteiger partial charge in [0.1, 0.15) is 11.5 Å². The summed E-state index contributed by atoms with van der Waals surface area (Å²) in [6, 6.07) is 5.16. The second-order valence-electron chi connectivity index (χ2n) is 4.15. The lowest BCUT2D eigenvalue weighted by Gasteiger charge is -2.10. The van der Waals surface area contributed by atoms with E-state index in [1.54, 1.807) is 18.2 Å². The minimum atomic E-state index is -0.169. The van der Waals surface area contributed by atoms with Gasteiger partial charge >= 0.3 is 0 Å². The monoisotopic (exact) mass is 249 g/mol. The molecule has 5 heteroatoms. The zero-order valence-corrected chi connectivity index (χ0v) is 10.1. The Kier molecular flexibility index (Phi) is 3.82. The fraction of sp³-hybridized carbons (Fsp3) is 0.385. The summed E-state index contributed by atoms with van der Waals surface area (Å²) in [5.74, 6) is 0.769. The van der Waals surface area contributed by atoms with E-state index in [4.69, 9.17) is 9.47 Å². The van der Waals surface area contributed by atoms with Crippen molar-refractivity contribution in [2.75, 3.05) is 13.7 Å². The molecule has 1 aromatic carbocycles. The Hall–Kier alpha value is -2.04. The van der Waals surface area contributed by atoms with E-state index in [2.05, 4.69) is 5.32 Å². The number of hydrogen-bond acceptors (Lipinski definition) is 4. The number of nitrogens with one attached hydrogen (secondary N) is 1. The molecule has 1 aliphatic carbocycles. The Labute approximate surface area is 105 Å². The normalized spacial score (nSPS) is 13.8. The minimum absolute atomic E-state index is 0.0928. The molecule has 0 bridgehead atoms. The van der Waals surface area contributed by atoms with Crippen molar-refractivity contribution in [3.05, 3.63) is 23.8 Å². The maximum absolute atomic E-state index is 11.5. The standard InChI is InChI=1S/C13H15NO4/c1-17-11-5-2-9(7-15)12(6-11)18-8-13(16)14-10-3-4-10/h2,5-7,10H,3-4,8H2,1H3,(H,14,16). The van der Waals surface area contributed by atoms with Crippen molar-refractivity contribution in [3.63, 3.8) is 0 Å². The van der Waals surface area contributed by atoms with Crippen molar-refractivity contribution in [2.24, 2.45) is 0 Å². The summed E-state index contributed by atoms with van der Waals surface area (Å²) in [4.78, 5) is 22.3. The van der Waals surface area contributed by atoms with Crippen LogP contribution in [0.25, 0.3) is 0 Å². The lowest BCUT2D eigenvalue weighted by molar-refractivity contribution is -0.123. The molecule has 1 N–H and O–H groups in total. The van der Waals surface area contributed by atoms with E-state index in [1.807, 2.05) is 0 Å². The summed E-state index contributed by atoms with van der Waals surface area (Å²) in [7, 11) is 1.53. The Balaban J connectivity index is 1.97. The molecule has 1 aromatic rings. The number of amides is 1. The molecule has 1 fully saturated rings. The Bertz CT molecular complexity index is 454. The van der Waals surface area contributed by atoms with E-state index >= 15 is 0 Å². The molecule has 0 radical (unpaired) electrons. The molecule has 2 rings (SSSR count). The van der Waals surface area contributed by atoms with Crippen LogP contribution in [0.2, 0.25) is 0 Å². The second-order valence-corrected chi connectivity index (χ2v) is 4.15. The highest BCUT2D eigenvalue weighted by molar-refractivity contribution is 5.81. The van der Waals surface area contributed by atoms with Crippen LogP contribution in [0.5, 0.6) is 11.5 Å². The molecule has 0 spiro atoms. The number of ether oxygens (including phenoxy) is 2. The third-order valence-corrected chi connectivity index (χ3v) is 2.65. The van der Waals surface area contributed by atoms with Gasteiger partial charge in [-0.3, -0.25) is 9.59 Å². The maximum atomic E-state index is 11.5. The van der Waals surface area contributed by atoms with Gasteiger partial charge in [0.05, 0.1) is 12.7 Å². The van der Waals surface area contributed by atoms with Crippen molar-refractivity contribution in [1.82, 2.24) is 5.32 Å². The molecular weight excluding hydrogens is 234 g/mol. The van der Waals surface area contributed by atoms with Gasteiger partial charge < -0.3 is 14.8 Å². The van der Waals surface area contributed by atoms with Gasteiger partial charge in [0.25, 0.3) is 5.91 Å². The first-order valence-electron chi connectivity index (χ1n) is 5.78. The zero-order valence-electron chi connectivity index (χ0n) is 10.1. The molecule has 18 heavy (non-hydrogen) atoms. The van der Waals surface area contributed by atoms with Gasteiger partial charge in [0.15, 0.2) is 12.9 Å². The van der Waals surface area contributed by atoms with Crippen LogP contribution < -0.4 is 14.8 Å². The van der Waals surface area contributed by atoms with Gasteiger partial charge in [-0.2, -0.15) is 0 Å². The topological polar surface area (TPSA) is 64.6 Å². The molecule has 0 aliphatic heterocycles. The van der Waals surface area contributed by atoms with E-state index in [1.165, 1.54) is 7.11 Å². The molecule has 0 aromatic heterocycles. The maximum Gasteiger partial charge on any atom is 0.258 e. The lowest BCUT2D eigenvalue weighted by Crippen LogP contribution is -2.30. The molecule has 1 amide bonds. The predicted molar refractivity (Wildman–Crippen MR) is 65.0 cm³/mol. The van der Waals surface area contributed by atoms with E-state index in [0.717, 1.165) is 12.8 Å². The lowest BCUT2D eigenvalue weighted by atomic mass is 10.2. The average Bonchev–Trinajstić information content (AvgIpc) is 3.19. The Morgan fingerprint density at radius 3 is 2.89 bits per heavy atom. The highest BCUT2D eigenvalue weighted by atomic mass is 16.5. The largest absolute Gasteiger partial charge is 0.497 e. The summed E-state index contributed by atoms with van der Waals surface area (Å²) < 4.78 is 10.4. The molecular formula is C13H15NO4. The average molecular weight is 249 g/mol. The van der Waals surface area contributed by atoms with Crippen LogP contribution in [0.1, 0.15) is 23.2 Å². The molecule has 1 saturated carbocycles. The molecule has 96 valence electrons. The van der Waals surface area contributed by atoms with Crippen molar-refractivity contribution in [1.29, 1.82) is 0 Å². The van der Waals surface area contributed by atoms with Crippen LogP contribution in [0.4, 0.5) is 0 Å². The van der Waals surface area contributed by atoms with Gasteiger partial charge in [-0.05, 0) is 25.0 Å². The third kappa shape index (κ3) is 3.23. The van der Waals surface area contributed by atoms with E-state index in [9.17, 15) is 9.59 Å². The van der Waals surface area contributed by atoms with Crippen LogP contribution in [-0.2, 0) is 4.79 Å². The van der Waals surface area contributed by atoms with Gasteiger partial charge in [-0.15, -0.1) is 0 Å². The Morgan fingerprint density at radius 1 is 1.50 bits per heavy atom. The molecule has 0 heterocycles. The zero-order chi connectivity index (χ0) is 13.0. The van der Waals surface area contributed by atoms with E-state index in [-0.39, 0.29) is 12.5 Å². The fourth-order valence-electron chi connectivity index (χ4n) is 1.50. The number of rotatable bonds is 6. The molecule has 1 aliphatic rings. The number of aldehydes is 1. The summed E-state index contributed by atoms with van der Waals surface area (Å²) in [6.45, 7) is -0.0928. The van der Waals surface area contributed by atoms with Crippen molar-refractivity contribution in [3.8, 4) is 11.5 Å². The van der Waals surface area contributed by atoms with Crippen molar-refractivity contribution < 1.29 is 19.1 Å². The smallest absolute Gasteiger partial charge is 0.258 e.